The van der Waals surface area contributed by atoms with Gasteiger partial charge >= 0.3 is 0 Å². The van der Waals surface area contributed by atoms with Gasteiger partial charge in [0.05, 0.1) is 13.7 Å². The second-order valence-corrected chi connectivity index (χ2v) is 5.40. The van der Waals surface area contributed by atoms with Gasteiger partial charge in [0, 0.05) is 17.5 Å². The number of carbonyl (C=O) groups is 1. The van der Waals surface area contributed by atoms with Gasteiger partial charge in [-0.1, -0.05) is 12.8 Å². The molecule has 0 radical (unpaired) electrons. The van der Waals surface area contributed by atoms with Crippen LogP contribution in [0.25, 0.3) is 0 Å². The molecule has 1 aromatic carbocycles. The molecule has 1 fully saturated rings. The summed E-state index contributed by atoms with van der Waals surface area (Å²) in [7, 11) is 1.36. The Morgan fingerprint density at radius 1 is 1.45 bits per heavy atom. The maximum Gasteiger partial charge on any atom is 0.251 e. The summed E-state index contributed by atoms with van der Waals surface area (Å²) in [4.78, 5) is 12.1. The molecule has 1 amide bonds. The number of nitrogens with one attached hydrogen (secondary N) is 1. The van der Waals surface area contributed by atoms with Gasteiger partial charge in [-0.15, -0.1) is 0 Å². The molecule has 0 bridgehead atoms. The number of benzene rings is 1. The molecule has 5 heteroatoms. The van der Waals surface area contributed by atoms with Crippen LogP contribution in [0.3, 0.4) is 0 Å². The summed E-state index contributed by atoms with van der Waals surface area (Å²) in [6, 6.07) is 4.02. The minimum Gasteiger partial charge on any atom is -0.494 e. The molecule has 0 unspecified atom stereocenters. The van der Waals surface area contributed by atoms with E-state index in [1.54, 1.807) is 0 Å². The monoisotopic (exact) mass is 281 g/mol. The van der Waals surface area contributed by atoms with E-state index in [1.807, 2.05) is 0 Å². The fourth-order valence-electron chi connectivity index (χ4n) is 2.69. The molecular weight excluding hydrogens is 261 g/mol. The highest BCUT2D eigenvalue weighted by Crippen LogP contribution is 2.36. The minimum absolute atomic E-state index is 0.0513. The molecule has 0 heterocycles. The molecule has 1 aliphatic rings. The first-order valence-electron chi connectivity index (χ1n) is 6.83. The molecule has 0 spiro atoms. The first-order valence-corrected chi connectivity index (χ1v) is 6.83. The molecule has 2 rings (SSSR count). The van der Waals surface area contributed by atoms with Crippen molar-refractivity contribution in [1.82, 2.24) is 5.32 Å². The van der Waals surface area contributed by atoms with E-state index >= 15 is 0 Å². The third-order valence-electron chi connectivity index (χ3n) is 4.04. The molecule has 1 aromatic rings. The number of methoxy groups -OCH3 is 1. The number of hydrogen-bond donors (Lipinski definition) is 2. The van der Waals surface area contributed by atoms with Crippen LogP contribution in [0.1, 0.15) is 36.0 Å². The Bertz CT molecular complexity index is 484. The molecular formula is C15H20FNO3. The molecule has 0 aromatic heterocycles. The summed E-state index contributed by atoms with van der Waals surface area (Å²) >= 11 is 0. The van der Waals surface area contributed by atoms with Crippen molar-refractivity contribution in [2.75, 3.05) is 20.3 Å². The molecule has 1 aliphatic carbocycles. The number of carbonyl (C=O) groups excluding carboxylic acids is 1. The number of ether oxygens (including phenoxy) is 1. The fourth-order valence-corrected chi connectivity index (χ4v) is 2.69. The highest BCUT2D eigenvalue weighted by Gasteiger charge is 2.33. The van der Waals surface area contributed by atoms with Crippen LogP contribution in [0.2, 0.25) is 0 Å². The highest BCUT2D eigenvalue weighted by molar-refractivity contribution is 5.94. The molecule has 1 saturated carbocycles. The van der Waals surface area contributed by atoms with Crippen LogP contribution in [0.15, 0.2) is 18.2 Å². The van der Waals surface area contributed by atoms with Crippen LogP contribution < -0.4 is 10.1 Å². The van der Waals surface area contributed by atoms with Crippen molar-refractivity contribution in [3.63, 3.8) is 0 Å². The van der Waals surface area contributed by atoms with Crippen LogP contribution in [0.4, 0.5) is 4.39 Å². The Hall–Kier alpha value is -1.62. The van der Waals surface area contributed by atoms with Crippen molar-refractivity contribution in [3.05, 3.63) is 29.6 Å². The van der Waals surface area contributed by atoms with Crippen LogP contribution in [0, 0.1) is 11.2 Å². The third-order valence-corrected chi connectivity index (χ3v) is 4.04. The Morgan fingerprint density at radius 3 is 2.75 bits per heavy atom. The summed E-state index contributed by atoms with van der Waals surface area (Å²) < 4.78 is 18.2. The van der Waals surface area contributed by atoms with Crippen molar-refractivity contribution in [2.45, 2.75) is 25.7 Å². The van der Waals surface area contributed by atoms with Gasteiger partial charge in [0.2, 0.25) is 0 Å². The SMILES string of the molecule is COc1cc(C(=O)NCC2(CO)CCCC2)ccc1F. The van der Waals surface area contributed by atoms with Crippen LogP contribution in [0.5, 0.6) is 5.75 Å². The molecule has 0 aliphatic heterocycles. The average molecular weight is 281 g/mol. The van der Waals surface area contributed by atoms with Gasteiger partial charge in [0.25, 0.3) is 5.91 Å². The lowest BCUT2D eigenvalue weighted by atomic mass is 9.87. The zero-order valence-corrected chi connectivity index (χ0v) is 11.6. The Morgan fingerprint density at radius 2 is 2.15 bits per heavy atom. The number of aliphatic hydroxyl groups excluding tert-OH is 1. The van der Waals surface area contributed by atoms with E-state index in [-0.39, 0.29) is 23.7 Å². The van der Waals surface area contributed by atoms with E-state index in [2.05, 4.69) is 5.32 Å². The first kappa shape index (κ1) is 14.8. The van der Waals surface area contributed by atoms with Crippen LogP contribution >= 0.6 is 0 Å². The third kappa shape index (κ3) is 3.10. The predicted molar refractivity (Wildman–Crippen MR) is 73.3 cm³/mol. The zero-order chi connectivity index (χ0) is 14.6. The number of aliphatic hydroxyl groups is 1. The zero-order valence-electron chi connectivity index (χ0n) is 11.6. The van der Waals surface area contributed by atoms with E-state index in [9.17, 15) is 14.3 Å². The van der Waals surface area contributed by atoms with Gasteiger partial charge in [0.1, 0.15) is 0 Å². The molecule has 20 heavy (non-hydrogen) atoms. The normalized spacial score (nSPS) is 16.9. The topological polar surface area (TPSA) is 58.6 Å². The molecule has 4 nitrogen and oxygen atoms in total. The lowest BCUT2D eigenvalue weighted by Crippen LogP contribution is -2.38. The number of halogens is 1. The number of rotatable bonds is 5. The molecule has 0 atom stereocenters. The van der Waals surface area contributed by atoms with Crippen molar-refractivity contribution in [1.29, 1.82) is 0 Å². The van der Waals surface area contributed by atoms with Crippen LogP contribution in [-0.4, -0.2) is 31.3 Å². The number of hydrogen-bond acceptors (Lipinski definition) is 3. The summed E-state index contributed by atoms with van der Waals surface area (Å²) in [6.07, 6.45) is 4.02. The summed E-state index contributed by atoms with van der Waals surface area (Å²) in [5, 5.41) is 12.3. The predicted octanol–water partition coefficient (Wildman–Crippen LogP) is 2.12. The summed E-state index contributed by atoms with van der Waals surface area (Å²) in [5.74, 6) is -0.718. The van der Waals surface area contributed by atoms with E-state index in [0.29, 0.717) is 12.1 Å². The van der Waals surface area contributed by atoms with Crippen molar-refractivity contribution in [2.24, 2.45) is 5.41 Å². The maximum absolute atomic E-state index is 13.3. The van der Waals surface area contributed by atoms with Gasteiger partial charge in [-0.2, -0.15) is 0 Å². The molecule has 0 saturated heterocycles. The second-order valence-electron chi connectivity index (χ2n) is 5.40. The van der Waals surface area contributed by atoms with Gasteiger partial charge in [-0.25, -0.2) is 4.39 Å². The average Bonchev–Trinajstić information content (AvgIpc) is 2.95. The van der Waals surface area contributed by atoms with Gasteiger partial charge in [-0.3, -0.25) is 4.79 Å². The quantitative estimate of drug-likeness (QED) is 0.869. The van der Waals surface area contributed by atoms with Crippen molar-refractivity contribution < 1.29 is 19.0 Å². The minimum atomic E-state index is -0.494. The Balaban J connectivity index is 2.01. The van der Waals surface area contributed by atoms with Gasteiger partial charge < -0.3 is 15.2 Å². The first-order chi connectivity index (χ1) is 9.60. The van der Waals surface area contributed by atoms with E-state index in [1.165, 1.54) is 25.3 Å². The molecule has 110 valence electrons. The van der Waals surface area contributed by atoms with Gasteiger partial charge in [-0.05, 0) is 31.0 Å². The second kappa shape index (κ2) is 6.22. The van der Waals surface area contributed by atoms with E-state index < -0.39 is 5.82 Å². The van der Waals surface area contributed by atoms with Crippen molar-refractivity contribution >= 4 is 5.91 Å². The van der Waals surface area contributed by atoms with E-state index in [0.717, 1.165) is 25.7 Å². The summed E-state index contributed by atoms with van der Waals surface area (Å²) in [6.45, 7) is 0.530. The highest BCUT2D eigenvalue weighted by atomic mass is 19.1. The maximum atomic E-state index is 13.3. The lowest BCUT2D eigenvalue weighted by molar-refractivity contribution is 0.0880. The van der Waals surface area contributed by atoms with Crippen molar-refractivity contribution in [3.8, 4) is 5.75 Å². The van der Waals surface area contributed by atoms with E-state index in [4.69, 9.17) is 4.74 Å². The Labute approximate surface area is 117 Å². The lowest BCUT2D eigenvalue weighted by Gasteiger charge is -2.26. The smallest absolute Gasteiger partial charge is 0.251 e. The van der Waals surface area contributed by atoms with Crippen LogP contribution in [-0.2, 0) is 0 Å². The standard InChI is InChI=1S/C15H20FNO3/c1-20-13-8-11(4-5-12(13)16)14(19)17-9-15(10-18)6-2-3-7-15/h4-5,8,18H,2-3,6-7,9-10H2,1H3,(H,17,19). The largest absolute Gasteiger partial charge is 0.494 e. The number of amides is 1. The fraction of sp³-hybridized carbons (Fsp3) is 0.533. The van der Waals surface area contributed by atoms with Gasteiger partial charge in [0.15, 0.2) is 11.6 Å². The summed E-state index contributed by atoms with van der Waals surface area (Å²) in [5.41, 5.74) is 0.161. The Kier molecular flexibility index (Phi) is 4.60. The molecule has 2 N–H and O–H groups in total.